The Labute approximate surface area is 166 Å². The largest absolute Gasteiger partial charge is 0.378 e. The van der Waals surface area contributed by atoms with E-state index in [1.54, 1.807) is 6.07 Å². The summed E-state index contributed by atoms with van der Waals surface area (Å²) < 4.78 is 6.52. The average molecular weight is 404 g/mol. The van der Waals surface area contributed by atoms with Gasteiger partial charge >= 0.3 is 0 Å². The van der Waals surface area contributed by atoms with Crippen molar-refractivity contribution in [3.8, 4) is 0 Å². The molecule has 4 rings (SSSR count). The minimum atomic E-state index is -0.333. The number of morpholine rings is 1. The van der Waals surface area contributed by atoms with Gasteiger partial charge in [0, 0.05) is 25.1 Å². The van der Waals surface area contributed by atoms with E-state index >= 15 is 0 Å². The van der Waals surface area contributed by atoms with Crippen molar-refractivity contribution in [1.82, 2.24) is 20.0 Å². The number of nitrogens with zero attached hydrogens (tertiary/aromatic N) is 5. The molecule has 10 heteroatoms. The van der Waals surface area contributed by atoms with Crippen LogP contribution in [0.15, 0.2) is 16.9 Å². The second-order valence-electron chi connectivity index (χ2n) is 7.12. The van der Waals surface area contributed by atoms with E-state index in [-0.39, 0.29) is 18.0 Å². The second-order valence-corrected chi connectivity index (χ2v) is 8.12. The van der Waals surface area contributed by atoms with Crippen molar-refractivity contribution in [1.29, 1.82) is 0 Å². The van der Waals surface area contributed by atoms with Crippen molar-refractivity contribution in [2.45, 2.75) is 44.6 Å². The van der Waals surface area contributed by atoms with E-state index in [0.717, 1.165) is 17.8 Å². The molecule has 28 heavy (non-hydrogen) atoms. The Balaban J connectivity index is 1.39. The van der Waals surface area contributed by atoms with E-state index in [9.17, 15) is 9.59 Å². The van der Waals surface area contributed by atoms with Crippen LogP contribution in [0.1, 0.15) is 43.0 Å². The van der Waals surface area contributed by atoms with Crippen LogP contribution in [0.3, 0.4) is 0 Å². The van der Waals surface area contributed by atoms with Crippen molar-refractivity contribution in [3.63, 3.8) is 0 Å². The number of nitrogens with one attached hydrogen (secondary N) is 1. The third-order valence-electron chi connectivity index (χ3n) is 5.12. The Morgan fingerprint density at radius 3 is 2.75 bits per heavy atom. The van der Waals surface area contributed by atoms with Crippen molar-refractivity contribution in [2.24, 2.45) is 0 Å². The Morgan fingerprint density at radius 2 is 1.96 bits per heavy atom. The first-order chi connectivity index (χ1) is 13.7. The summed E-state index contributed by atoms with van der Waals surface area (Å²) in [5.74, 6) is 0.790. The summed E-state index contributed by atoms with van der Waals surface area (Å²) >= 11 is 1.42. The molecule has 1 amide bonds. The highest BCUT2D eigenvalue weighted by molar-refractivity contribution is 7.15. The quantitative estimate of drug-likeness (QED) is 0.808. The van der Waals surface area contributed by atoms with Crippen LogP contribution < -0.4 is 15.8 Å². The van der Waals surface area contributed by atoms with E-state index in [0.29, 0.717) is 43.2 Å². The molecule has 150 valence electrons. The predicted molar refractivity (Wildman–Crippen MR) is 106 cm³/mol. The molecule has 1 aliphatic carbocycles. The fraction of sp³-hybridized carbons (Fsp3) is 0.611. The maximum absolute atomic E-state index is 12.4. The van der Waals surface area contributed by atoms with Gasteiger partial charge in [0.2, 0.25) is 11.0 Å². The van der Waals surface area contributed by atoms with Crippen LogP contribution in [0.5, 0.6) is 0 Å². The van der Waals surface area contributed by atoms with Crippen LogP contribution >= 0.6 is 11.3 Å². The maximum Gasteiger partial charge on any atom is 0.267 e. The third kappa shape index (κ3) is 4.56. The minimum absolute atomic E-state index is 0.157. The fourth-order valence-corrected chi connectivity index (χ4v) is 4.54. The van der Waals surface area contributed by atoms with Crippen molar-refractivity contribution >= 4 is 28.2 Å². The molecule has 0 spiro atoms. The van der Waals surface area contributed by atoms with Crippen LogP contribution in [-0.2, 0) is 16.1 Å². The molecule has 2 aromatic rings. The summed E-state index contributed by atoms with van der Waals surface area (Å²) in [6.45, 7) is 2.52. The molecular formula is C18H24N6O3S. The monoisotopic (exact) mass is 404 g/mol. The standard InChI is InChI=1S/C18H24N6O3S/c25-15(19-18-21-20-17(28-18)13-4-2-1-3-5-13)12-24-16(26)7-6-14(22-24)23-8-10-27-11-9-23/h6-7,13H,1-5,8-12H2,(H,19,21,25). The summed E-state index contributed by atoms with van der Waals surface area (Å²) in [7, 11) is 0. The molecule has 0 aromatic carbocycles. The molecule has 0 unspecified atom stereocenters. The number of ether oxygens (including phenoxy) is 1. The molecule has 1 aliphatic heterocycles. The van der Waals surface area contributed by atoms with Gasteiger partial charge in [-0.2, -0.15) is 5.10 Å². The molecule has 1 N–H and O–H groups in total. The van der Waals surface area contributed by atoms with Crippen LogP contribution in [-0.4, -0.2) is 52.2 Å². The Hall–Kier alpha value is -2.33. The molecule has 0 atom stereocenters. The number of hydrogen-bond donors (Lipinski definition) is 1. The molecule has 1 saturated heterocycles. The molecule has 2 fully saturated rings. The lowest BCUT2D eigenvalue weighted by Gasteiger charge is -2.27. The number of rotatable bonds is 5. The number of anilines is 2. The Kier molecular flexibility index (Phi) is 5.96. The van der Waals surface area contributed by atoms with Crippen LogP contribution in [0.4, 0.5) is 10.9 Å². The molecule has 2 aromatic heterocycles. The molecule has 1 saturated carbocycles. The molecular weight excluding hydrogens is 380 g/mol. The van der Waals surface area contributed by atoms with E-state index in [2.05, 4.69) is 20.6 Å². The summed E-state index contributed by atoms with van der Waals surface area (Å²) in [6, 6.07) is 3.13. The SMILES string of the molecule is O=C(Cn1nc(N2CCOCC2)ccc1=O)Nc1nnc(C2CCCCC2)s1. The van der Waals surface area contributed by atoms with Gasteiger partial charge in [0.25, 0.3) is 5.56 Å². The van der Waals surface area contributed by atoms with Gasteiger partial charge in [-0.15, -0.1) is 10.2 Å². The van der Waals surface area contributed by atoms with Gasteiger partial charge in [0.1, 0.15) is 17.4 Å². The first kappa shape index (κ1) is 19.0. The first-order valence-corrected chi connectivity index (χ1v) is 10.5. The average Bonchev–Trinajstić information content (AvgIpc) is 3.19. The Morgan fingerprint density at radius 1 is 1.18 bits per heavy atom. The van der Waals surface area contributed by atoms with Crippen LogP contribution in [0, 0.1) is 0 Å². The first-order valence-electron chi connectivity index (χ1n) is 9.73. The van der Waals surface area contributed by atoms with Gasteiger partial charge in [-0.1, -0.05) is 30.6 Å². The normalized spacial score (nSPS) is 18.2. The zero-order chi connectivity index (χ0) is 19.3. The lowest BCUT2D eigenvalue weighted by Crippen LogP contribution is -2.38. The second kappa shape index (κ2) is 8.78. The smallest absolute Gasteiger partial charge is 0.267 e. The number of amides is 1. The van der Waals surface area contributed by atoms with Crippen molar-refractivity contribution in [3.05, 3.63) is 27.5 Å². The Bertz CT molecular complexity index is 870. The zero-order valence-electron chi connectivity index (χ0n) is 15.7. The van der Waals surface area contributed by atoms with Crippen molar-refractivity contribution in [2.75, 3.05) is 36.5 Å². The van der Waals surface area contributed by atoms with Gasteiger partial charge in [0.05, 0.1) is 13.2 Å². The molecule has 0 radical (unpaired) electrons. The summed E-state index contributed by atoms with van der Waals surface area (Å²) in [5, 5.41) is 16.9. The summed E-state index contributed by atoms with van der Waals surface area (Å²) in [4.78, 5) is 26.5. The van der Waals surface area contributed by atoms with Gasteiger partial charge < -0.3 is 9.64 Å². The lowest BCUT2D eigenvalue weighted by molar-refractivity contribution is -0.117. The number of aromatic nitrogens is 4. The van der Waals surface area contributed by atoms with E-state index in [4.69, 9.17) is 4.74 Å². The van der Waals surface area contributed by atoms with Gasteiger partial charge in [-0.3, -0.25) is 14.9 Å². The maximum atomic E-state index is 12.4. The minimum Gasteiger partial charge on any atom is -0.378 e. The highest BCUT2D eigenvalue weighted by Crippen LogP contribution is 2.35. The van der Waals surface area contributed by atoms with E-state index in [1.165, 1.54) is 41.3 Å². The number of hydrogen-bond acceptors (Lipinski definition) is 8. The highest BCUT2D eigenvalue weighted by atomic mass is 32.1. The third-order valence-corrected chi connectivity index (χ3v) is 6.12. The van der Waals surface area contributed by atoms with Gasteiger partial charge in [0.15, 0.2) is 0 Å². The summed E-state index contributed by atoms with van der Waals surface area (Å²) in [6.07, 6.45) is 6.00. The number of carbonyl (C=O) groups is 1. The molecule has 9 nitrogen and oxygen atoms in total. The lowest BCUT2D eigenvalue weighted by atomic mass is 9.90. The predicted octanol–water partition coefficient (Wildman–Crippen LogP) is 1.62. The van der Waals surface area contributed by atoms with Crippen molar-refractivity contribution < 1.29 is 9.53 Å². The zero-order valence-corrected chi connectivity index (χ0v) is 16.5. The van der Waals surface area contributed by atoms with E-state index < -0.39 is 0 Å². The highest BCUT2D eigenvalue weighted by Gasteiger charge is 2.20. The van der Waals surface area contributed by atoms with Crippen LogP contribution in [0.25, 0.3) is 0 Å². The summed E-state index contributed by atoms with van der Waals surface area (Å²) in [5.41, 5.74) is -0.313. The van der Waals surface area contributed by atoms with E-state index in [1.807, 2.05) is 4.90 Å². The number of carbonyl (C=O) groups excluding carboxylic acids is 1. The van der Waals surface area contributed by atoms with Gasteiger partial charge in [-0.25, -0.2) is 4.68 Å². The molecule has 3 heterocycles. The molecule has 0 bridgehead atoms. The molecule has 2 aliphatic rings. The van der Waals surface area contributed by atoms with Crippen LogP contribution in [0.2, 0.25) is 0 Å². The topological polar surface area (TPSA) is 102 Å². The van der Waals surface area contributed by atoms with Gasteiger partial charge in [-0.05, 0) is 18.9 Å². The fourth-order valence-electron chi connectivity index (χ4n) is 3.61.